The van der Waals surface area contributed by atoms with Crippen LogP contribution >= 0.6 is 27.7 Å². The number of hydrazone groups is 1. The van der Waals surface area contributed by atoms with Gasteiger partial charge in [0.25, 0.3) is 5.91 Å². The summed E-state index contributed by atoms with van der Waals surface area (Å²) in [6.07, 6.45) is 1.55. The van der Waals surface area contributed by atoms with E-state index in [1.807, 2.05) is 60.1 Å². The fourth-order valence-electron chi connectivity index (χ4n) is 2.43. The smallest absolute Gasteiger partial charge is 0.250 e. The van der Waals surface area contributed by atoms with Crippen molar-refractivity contribution in [3.8, 4) is 17.1 Å². The van der Waals surface area contributed by atoms with E-state index in [4.69, 9.17) is 4.74 Å². The number of carbonyl (C=O) groups excluding carboxylic acids is 1. The number of benzene rings is 2. The summed E-state index contributed by atoms with van der Waals surface area (Å²) in [5, 5.41) is 13.0. The Morgan fingerprint density at radius 3 is 2.89 bits per heavy atom. The zero-order chi connectivity index (χ0) is 19.9. The van der Waals surface area contributed by atoms with E-state index in [0.717, 1.165) is 21.4 Å². The molecule has 0 radical (unpaired) electrons. The van der Waals surface area contributed by atoms with E-state index in [-0.39, 0.29) is 11.7 Å². The lowest BCUT2D eigenvalue weighted by molar-refractivity contribution is -0.118. The van der Waals surface area contributed by atoms with Gasteiger partial charge < -0.3 is 9.30 Å². The molecule has 0 unspecified atom stereocenters. The van der Waals surface area contributed by atoms with Crippen molar-refractivity contribution in [1.82, 2.24) is 20.2 Å². The molecule has 0 saturated heterocycles. The van der Waals surface area contributed by atoms with Gasteiger partial charge in [-0.3, -0.25) is 4.79 Å². The number of hydrogen-bond donors (Lipinski definition) is 1. The van der Waals surface area contributed by atoms with Crippen molar-refractivity contribution in [2.45, 2.75) is 5.16 Å². The second kappa shape index (κ2) is 9.52. The maximum absolute atomic E-state index is 12.1. The summed E-state index contributed by atoms with van der Waals surface area (Å²) < 4.78 is 8.06. The van der Waals surface area contributed by atoms with Crippen molar-refractivity contribution in [2.75, 3.05) is 12.9 Å². The van der Waals surface area contributed by atoms with E-state index in [1.54, 1.807) is 13.3 Å². The topological polar surface area (TPSA) is 81.4 Å². The Morgan fingerprint density at radius 2 is 2.11 bits per heavy atom. The molecule has 144 valence electrons. The van der Waals surface area contributed by atoms with Crippen molar-refractivity contribution >= 4 is 39.8 Å². The van der Waals surface area contributed by atoms with Crippen LogP contribution < -0.4 is 10.2 Å². The number of carbonyl (C=O) groups is 1. The number of ether oxygens (including phenoxy) is 1. The molecule has 0 aliphatic heterocycles. The van der Waals surface area contributed by atoms with Crippen LogP contribution in [-0.4, -0.2) is 39.7 Å². The highest BCUT2D eigenvalue weighted by Gasteiger charge is 2.13. The standard InChI is InChI=1S/C19H18BrN5O2S/c1-25-18(13-7-5-8-15(20)10-13)23-24-19(25)28-12-17(26)22-21-11-14-6-3-4-9-16(14)27-2/h3-11H,12H2,1-2H3,(H,22,26)/b21-11-. The van der Waals surface area contributed by atoms with E-state index < -0.39 is 0 Å². The van der Waals surface area contributed by atoms with Gasteiger partial charge in [-0.05, 0) is 24.3 Å². The Morgan fingerprint density at radius 1 is 1.29 bits per heavy atom. The Bertz CT molecular complexity index is 1010. The highest BCUT2D eigenvalue weighted by molar-refractivity contribution is 9.10. The lowest BCUT2D eigenvalue weighted by Gasteiger charge is -2.04. The number of hydrogen-bond acceptors (Lipinski definition) is 6. The van der Waals surface area contributed by atoms with Gasteiger partial charge in [0.1, 0.15) is 5.75 Å². The zero-order valence-electron chi connectivity index (χ0n) is 15.3. The quantitative estimate of drug-likeness (QED) is 0.332. The summed E-state index contributed by atoms with van der Waals surface area (Å²) in [5.74, 6) is 1.36. The fourth-order valence-corrected chi connectivity index (χ4v) is 3.53. The Labute approximate surface area is 175 Å². The van der Waals surface area contributed by atoms with Crippen LogP contribution in [-0.2, 0) is 11.8 Å². The third-order valence-electron chi connectivity index (χ3n) is 3.78. The molecule has 1 N–H and O–H groups in total. The zero-order valence-corrected chi connectivity index (χ0v) is 17.7. The number of aromatic nitrogens is 3. The van der Waals surface area contributed by atoms with Gasteiger partial charge in [-0.25, -0.2) is 5.43 Å². The minimum Gasteiger partial charge on any atom is -0.496 e. The minimum absolute atomic E-state index is 0.174. The number of para-hydroxylation sites is 1. The highest BCUT2D eigenvalue weighted by Crippen LogP contribution is 2.24. The first kappa shape index (κ1) is 20.1. The van der Waals surface area contributed by atoms with Gasteiger partial charge >= 0.3 is 0 Å². The molecular weight excluding hydrogens is 442 g/mol. The van der Waals surface area contributed by atoms with E-state index >= 15 is 0 Å². The molecule has 3 aromatic rings. The third-order valence-corrected chi connectivity index (χ3v) is 5.30. The second-order valence-corrected chi connectivity index (χ2v) is 7.56. The minimum atomic E-state index is -0.233. The molecule has 0 bridgehead atoms. The van der Waals surface area contributed by atoms with Crippen LogP contribution in [0.3, 0.4) is 0 Å². The molecule has 3 rings (SSSR count). The summed E-state index contributed by atoms with van der Waals surface area (Å²) in [7, 11) is 3.46. The average molecular weight is 460 g/mol. The first-order valence-electron chi connectivity index (χ1n) is 8.31. The number of rotatable bonds is 7. The number of methoxy groups -OCH3 is 1. The number of nitrogens with one attached hydrogen (secondary N) is 1. The molecule has 0 fully saturated rings. The fraction of sp³-hybridized carbons (Fsp3) is 0.158. The molecule has 0 aliphatic carbocycles. The van der Waals surface area contributed by atoms with E-state index in [2.05, 4.69) is 36.7 Å². The first-order valence-corrected chi connectivity index (χ1v) is 10.1. The normalized spacial score (nSPS) is 11.0. The van der Waals surface area contributed by atoms with E-state index in [1.165, 1.54) is 11.8 Å². The maximum Gasteiger partial charge on any atom is 0.250 e. The van der Waals surface area contributed by atoms with Crippen molar-refractivity contribution in [3.05, 3.63) is 58.6 Å². The summed E-state index contributed by atoms with van der Waals surface area (Å²) in [6, 6.07) is 15.2. The van der Waals surface area contributed by atoms with Crippen LogP contribution in [0, 0.1) is 0 Å². The molecule has 0 aliphatic rings. The van der Waals surface area contributed by atoms with Crippen molar-refractivity contribution in [2.24, 2.45) is 12.1 Å². The molecule has 2 aromatic carbocycles. The lowest BCUT2D eigenvalue weighted by Crippen LogP contribution is -2.20. The number of amides is 1. The number of halogens is 1. The van der Waals surface area contributed by atoms with Crippen LogP contribution in [0.15, 0.2) is 63.3 Å². The van der Waals surface area contributed by atoms with Crippen LogP contribution in [0.1, 0.15) is 5.56 Å². The summed E-state index contributed by atoms with van der Waals surface area (Å²) >= 11 is 4.75. The lowest BCUT2D eigenvalue weighted by atomic mass is 10.2. The summed E-state index contributed by atoms with van der Waals surface area (Å²) in [5.41, 5.74) is 4.24. The maximum atomic E-state index is 12.1. The average Bonchev–Trinajstić information content (AvgIpc) is 3.07. The molecule has 0 atom stereocenters. The molecule has 1 heterocycles. The molecule has 7 nitrogen and oxygen atoms in total. The first-order chi connectivity index (χ1) is 13.6. The van der Waals surface area contributed by atoms with Crippen molar-refractivity contribution in [1.29, 1.82) is 0 Å². The van der Waals surface area contributed by atoms with Crippen molar-refractivity contribution in [3.63, 3.8) is 0 Å². The Kier molecular flexibility index (Phi) is 6.83. The molecule has 28 heavy (non-hydrogen) atoms. The molecule has 0 spiro atoms. The molecule has 0 saturated carbocycles. The van der Waals surface area contributed by atoms with E-state index in [9.17, 15) is 4.79 Å². The van der Waals surface area contributed by atoms with Crippen LogP contribution in [0.25, 0.3) is 11.4 Å². The predicted octanol–water partition coefficient (Wildman–Crippen LogP) is 3.50. The SMILES string of the molecule is COc1ccccc1/C=N\NC(=O)CSc1nnc(-c2cccc(Br)c2)n1C. The van der Waals surface area contributed by atoms with Crippen LogP contribution in [0.2, 0.25) is 0 Å². The molecule has 9 heteroatoms. The second-order valence-electron chi connectivity index (χ2n) is 5.70. The van der Waals surface area contributed by atoms with Gasteiger partial charge in [0.05, 0.1) is 19.1 Å². The van der Waals surface area contributed by atoms with Gasteiger partial charge in [0.15, 0.2) is 11.0 Å². The Balaban J connectivity index is 1.57. The third kappa shape index (κ3) is 4.99. The van der Waals surface area contributed by atoms with Gasteiger partial charge in [0.2, 0.25) is 0 Å². The predicted molar refractivity (Wildman–Crippen MR) is 114 cm³/mol. The number of nitrogens with zero attached hydrogens (tertiary/aromatic N) is 4. The van der Waals surface area contributed by atoms with Crippen LogP contribution in [0.5, 0.6) is 5.75 Å². The largest absolute Gasteiger partial charge is 0.496 e. The summed E-state index contributed by atoms with van der Waals surface area (Å²) in [6.45, 7) is 0. The van der Waals surface area contributed by atoms with Gasteiger partial charge in [0, 0.05) is 22.6 Å². The van der Waals surface area contributed by atoms with Crippen molar-refractivity contribution < 1.29 is 9.53 Å². The highest BCUT2D eigenvalue weighted by atomic mass is 79.9. The molecular formula is C19H18BrN5O2S. The Hall–Kier alpha value is -2.65. The van der Waals surface area contributed by atoms with Gasteiger partial charge in [-0.2, -0.15) is 5.10 Å². The monoisotopic (exact) mass is 459 g/mol. The van der Waals surface area contributed by atoms with E-state index in [0.29, 0.717) is 10.9 Å². The van der Waals surface area contributed by atoms with Gasteiger partial charge in [-0.1, -0.05) is 52.0 Å². The van der Waals surface area contributed by atoms with Crippen LogP contribution in [0.4, 0.5) is 0 Å². The number of thioether (sulfide) groups is 1. The summed E-state index contributed by atoms with van der Waals surface area (Å²) in [4.78, 5) is 12.1. The van der Waals surface area contributed by atoms with Gasteiger partial charge in [-0.15, -0.1) is 10.2 Å². The molecule has 1 aromatic heterocycles. The molecule has 1 amide bonds.